The van der Waals surface area contributed by atoms with Gasteiger partial charge in [0.2, 0.25) is 0 Å². The fraction of sp³-hybridized carbons (Fsp3) is 0.455. The van der Waals surface area contributed by atoms with Gasteiger partial charge in [-0.3, -0.25) is 0 Å². The second kappa shape index (κ2) is 4.85. The van der Waals surface area contributed by atoms with Gasteiger partial charge in [-0.15, -0.1) is 0 Å². The zero-order valence-electron chi connectivity index (χ0n) is 8.63. The number of rotatable bonds is 2. The van der Waals surface area contributed by atoms with Crippen LogP contribution in [0.3, 0.4) is 0 Å². The number of nitrogens with one attached hydrogen (secondary N) is 1. The topological polar surface area (TPSA) is 15.3 Å². The third-order valence-corrected chi connectivity index (χ3v) is 4.02. The number of para-hydroxylation sites is 1. The molecule has 1 unspecified atom stereocenters. The molecule has 1 aromatic rings. The van der Waals surface area contributed by atoms with Gasteiger partial charge in [0.25, 0.3) is 0 Å². The first-order valence-electron chi connectivity index (χ1n) is 5.06. The van der Waals surface area contributed by atoms with Gasteiger partial charge in [-0.05, 0) is 64.0 Å². The van der Waals surface area contributed by atoms with Gasteiger partial charge < -0.3 is 10.2 Å². The molecule has 0 amide bonds. The van der Waals surface area contributed by atoms with Crippen LogP contribution in [-0.2, 0) is 0 Å². The summed E-state index contributed by atoms with van der Waals surface area (Å²) in [5, 5.41) is 3.57. The first-order valence-corrected chi connectivity index (χ1v) is 6.64. The fourth-order valence-corrected chi connectivity index (χ4v) is 3.12. The van der Waals surface area contributed by atoms with E-state index in [-0.39, 0.29) is 0 Å². The molecule has 0 saturated carbocycles. The Morgan fingerprint density at radius 1 is 1.33 bits per heavy atom. The Kier molecular flexibility index (Phi) is 3.69. The van der Waals surface area contributed by atoms with Crippen LogP contribution in [0, 0.1) is 0 Å². The first-order chi connectivity index (χ1) is 7.16. The van der Waals surface area contributed by atoms with Crippen molar-refractivity contribution in [2.75, 3.05) is 25.5 Å². The Balaban J connectivity index is 2.10. The zero-order valence-corrected chi connectivity index (χ0v) is 11.8. The van der Waals surface area contributed by atoms with E-state index in [1.165, 1.54) is 13.0 Å². The van der Waals surface area contributed by atoms with E-state index in [9.17, 15) is 0 Å². The number of anilines is 1. The second-order valence-corrected chi connectivity index (χ2v) is 5.70. The predicted molar refractivity (Wildman–Crippen MR) is 71.4 cm³/mol. The van der Waals surface area contributed by atoms with Crippen LogP contribution >= 0.6 is 31.9 Å². The number of hydrogen-bond donors (Lipinski definition) is 1. The van der Waals surface area contributed by atoms with Gasteiger partial charge in [-0.25, -0.2) is 0 Å². The van der Waals surface area contributed by atoms with Crippen molar-refractivity contribution >= 4 is 37.5 Å². The molecule has 0 aliphatic carbocycles. The highest BCUT2D eigenvalue weighted by atomic mass is 79.9. The maximum Gasteiger partial charge on any atom is 0.0631 e. The summed E-state index contributed by atoms with van der Waals surface area (Å²) in [7, 11) is 2.16. The molecule has 1 heterocycles. The van der Waals surface area contributed by atoms with E-state index in [1.807, 2.05) is 6.07 Å². The van der Waals surface area contributed by atoms with Crippen LogP contribution in [0.5, 0.6) is 0 Å². The van der Waals surface area contributed by atoms with Crippen molar-refractivity contribution in [3.05, 3.63) is 27.1 Å². The third-order valence-electron chi connectivity index (χ3n) is 2.70. The number of hydrogen-bond acceptors (Lipinski definition) is 2. The van der Waals surface area contributed by atoms with Crippen molar-refractivity contribution in [2.45, 2.75) is 12.5 Å². The summed E-state index contributed by atoms with van der Waals surface area (Å²) in [4.78, 5) is 2.35. The number of halogens is 2. The quantitative estimate of drug-likeness (QED) is 0.893. The molecule has 1 saturated heterocycles. The van der Waals surface area contributed by atoms with Crippen LogP contribution in [0.15, 0.2) is 27.1 Å². The summed E-state index contributed by atoms with van der Waals surface area (Å²) in [6.07, 6.45) is 1.21. The molecule has 1 aliphatic heterocycles. The lowest BCUT2D eigenvalue weighted by atomic mass is 10.2. The fourth-order valence-electron chi connectivity index (χ4n) is 1.89. The summed E-state index contributed by atoms with van der Waals surface area (Å²) in [6, 6.07) is 6.71. The van der Waals surface area contributed by atoms with Crippen LogP contribution < -0.4 is 5.32 Å². The van der Waals surface area contributed by atoms with Crippen molar-refractivity contribution in [1.82, 2.24) is 4.90 Å². The van der Waals surface area contributed by atoms with Gasteiger partial charge >= 0.3 is 0 Å². The maximum absolute atomic E-state index is 3.57. The molecule has 0 bridgehead atoms. The summed E-state index contributed by atoms with van der Waals surface area (Å²) in [6.45, 7) is 2.30. The molecule has 1 aliphatic rings. The molecule has 2 rings (SSSR count). The Morgan fingerprint density at radius 3 is 2.53 bits per heavy atom. The smallest absolute Gasteiger partial charge is 0.0631 e. The third kappa shape index (κ3) is 2.74. The van der Waals surface area contributed by atoms with Gasteiger partial charge in [-0.2, -0.15) is 0 Å². The van der Waals surface area contributed by atoms with E-state index in [0.717, 1.165) is 21.2 Å². The molecular formula is C11H14Br2N2. The summed E-state index contributed by atoms with van der Waals surface area (Å²) < 4.78 is 2.23. The minimum atomic E-state index is 0.560. The lowest BCUT2D eigenvalue weighted by molar-refractivity contribution is 0.414. The largest absolute Gasteiger partial charge is 0.379 e. The molecule has 15 heavy (non-hydrogen) atoms. The van der Waals surface area contributed by atoms with E-state index in [0.29, 0.717) is 6.04 Å². The molecule has 4 heteroatoms. The van der Waals surface area contributed by atoms with Crippen LogP contribution in [0.2, 0.25) is 0 Å². The SMILES string of the molecule is CN1CCC(Nc2c(Br)cccc2Br)C1. The van der Waals surface area contributed by atoms with E-state index in [2.05, 4.69) is 61.3 Å². The minimum absolute atomic E-state index is 0.560. The molecule has 82 valence electrons. The van der Waals surface area contributed by atoms with Crippen LogP contribution in [0.4, 0.5) is 5.69 Å². The van der Waals surface area contributed by atoms with Gasteiger partial charge in [0.1, 0.15) is 0 Å². The summed E-state index contributed by atoms with van der Waals surface area (Å²) in [5.74, 6) is 0. The first kappa shape index (κ1) is 11.4. The van der Waals surface area contributed by atoms with Crippen LogP contribution in [0.25, 0.3) is 0 Å². The van der Waals surface area contributed by atoms with Crippen molar-refractivity contribution in [3.63, 3.8) is 0 Å². The number of benzene rings is 1. The lowest BCUT2D eigenvalue weighted by Gasteiger charge is -2.16. The van der Waals surface area contributed by atoms with E-state index >= 15 is 0 Å². The number of likely N-dealkylation sites (tertiary alicyclic amines) is 1. The van der Waals surface area contributed by atoms with Gasteiger partial charge in [0, 0.05) is 21.5 Å². The number of nitrogens with zero attached hydrogens (tertiary/aromatic N) is 1. The standard InChI is InChI=1S/C11H14Br2N2/c1-15-6-5-8(7-15)14-11-9(12)3-2-4-10(11)13/h2-4,8,14H,5-7H2,1H3. The molecule has 0 aromatic heterocycles. The molecule has 0 spiro atoms. The molecule has 1 aromatic carbocycles. The number of likely N-dealkylation sites (N-methyl/N-ethyl adjacent to an activating group) is 1. The van der Waals surface area contributed by atoms with Crippen molar-refractivity contribution in [3.8, 4) is 0 Å². The molecule has 2 nitrogen and oxygen atoms in total. The Bertz CT molecular complexity index is 334. The molecule has 1 fully saturated rings. The van der Waals surface area contributed by atoms with Crippen molar-refractivity contribution < 1.29 is 0 Å². The van der Waals surface area contributed by atoms with Crippen molar-refractivity contribution in [2.24, 2.45) is 0 Å². The monoisotopic (exact) mass is 332 g/mol. The van der Waals surface area contributed by atoms with E-state index < -0.39 is 0 Å². The molecule has 1 atom stereocenters. The lowest BCUT2D eigenvalue weighted by Crippen LogP contribution is -2.23. The normalized spacial score (nSPS) is 21.9. The summed E-state index contributed by atoms with van der Waals surface area (Å²) >= 11 is 7.13. The van der Waals surface area contributed by atoms with Gasteiger partial charge in [0.05, 0.1) is 5.69 Å². The Morgan fingerprint density at radius 2 is 2.00 bits per heavy atom. The van der Waals surface area contributed by atoms with Crippen LogP contribution in [-0.4, -0.2) is 31.1 Å². The molecular weight excluding hydrogens is 320 g/mol. The molecule has 1 N–H and O–H groups in total. The zero-order chi connectivity index (χ0) is 10.8. The highest BCUT2D eigenvalue weighted by Crippen LogP contribution is 2.31. The highest BCUT2D eigenvalue weighted by molar-refractivity contribution is 9.11. The predicted octanol–water partition coefficient (Wildman–Crippen LogP) is 3.33. The average molecular weight is 334 g/mol. The average Bonchev–Trinajstić information content (AvgIpc) is 2.58. The Hall–Kier alpha value is -0.0600. The van der Waals surface area contributed by atoms with E-state index in [4.69, 9.17) is 0 Å². The Labute approximate surface area is 107 Å². The molecule has 0 radical (unpaired) electrons. The van der Waals surface area contributed by atoms with E-state index in [1.54, 1.807) is 0 Å². The highest BCUT2D eigenvalue weighted by Gasteiger charge is 2.20. The van der Waals surface area contributed by atoms with Crippen molar-refractivity contribution in [1.29, 1.82) is 0 Å². The van der Waals surface area contributed by atoms with Gasteiger partial charge in [-0.1, -0.05) is 6.07 Å². The maximum atomic E-state index is 3.57. The summed E-state index contributed by atoms with van der Waals surface area (Å²) in [5.41, 5.74) is 1.16. The minimum Gasteiger partial charge on any atom is -0.379 e. The van der Waals surface area contributed by atoms with Gasteiger partial charge in [0.15, 0.2) is 0 Å². The second-order valence-electron chi connectivity index (χ2n) is 3.99. The van der Waals surface area contributed by atoms with Crippen LogP contribution in [0.1, 0.15) is 6.42 Å².